The van der Waals surface area contributed by atoms with E-state index in [9.17, 15) is 0 Å². The summed E-state index contributed by atoms with van der Waals surface area (Å²) in [6.07, 6.45) is 6.90. The van der Waals surface area contributed by atoms with Crippen molar-refractivity contribution in [1.29, 1.82) is 0 Å². The first-order valence-electron chi connectivity index (χ1n) is 5.44. The van der Waals surface area contributed by atoms with Crippen LogP contribution < -0.4 is 10.6 Å². The van der Waals surface area contributed by atoms with Crippen molar-refractivity contribution < 1.29 is 0 Å². The molecule has 0 atom stereocenters. The molecule has 0 bridgehead atoms. The van der Waals surface area contributed by atoms with Gasteiger partial charge in [0.2, 0.25) is 0 Å². The Labute approximate surface area is 91.5 Å². The summed E-state index contributed by atoms with van der Waals surface area (Å²) in [4.78, 5) is 10.7. The van der Waals surface area contributed by atoms with E-state index >= 15 is 0 Å². The Hall–Kier alpha value is -1.16. The first kappa shape index (κ1) is 11.9. The normalized spacial score (nSPS) is 10.3. The Morgan fingerprint density at radius 3 is 2.60 bits per heavy atom. The van der Waals surface area contributed by atoms with Gasteiger partial charge in [-0.15, -0.1) is 0 Å². The van der Waals surface area contributed by atoms with Gasteiger partial charge in [-0.2, -0.15) is 0 Å². The predicted molar refractivity (Wildman–Crippen MR) is 62.9 cm³/mol. The maximum Gasteiger partial charge on any atom is 0.149 e. The lowest BCUT2D eigenvalue weighted by Crippen LogP contribution is -2.21. The average molecular weight is 208 g/mol. The van der Waals surface area contributed by atoms with Crippen molar-refractivity contribution in [1.82, 2.24) is 9.97 Å². The molecule has 1 aromatic heterocycles. The lowest BCUT2D eigenvalue weighted by atomic mass is 10.2. The minimum atomic E-state index is 0.786. The summed E-state index contributed by atoms with van der Waals surface area (Å²) in [6.45, 7) is 3.78. The SMILES string of the molecule is Cc1nccnc1N(C)CCCCCN. The monoisotopic (exact) mass is 208 g/mol. The van der Waals surface area contributed by atoms with E-state index in [-0.39, 0.29) is 0 Å². The molecule has 0 aliphatic carbocycles. The number of anilines is 1. The number of nitrogens with two attached hydrogens (primary N) is 1. The largest absolute Gasteiger partial charge is 0.358 e. The van der Waals surface area contributed by atoms with Crippen molar-refractivity contribution in [3.8, 4) is 0 Å². The van der Waals surface area contributed by atoms with Crippen LogP contribution in [0.25, 0.3) is 0 Å². The maximum absolute atomic E-state index is 5.44. The molecule has 0 fully saturated rings. The number of hydrogen-bond donors (Lipinski definition) is 1. The Bertz CT molecular complexity index is 288. The van der Waals surface area contributed by atoms with Crippen LogP contribution in [-0.4, -0.2) is 30.1 Å². The minimum Gasteiger partial charge on any atom is -0.358 e. The number of unbranched alkanes of at least 4 members (excludes halogenated alkanes) is 2. The molecule has 0 spiro atoms. The first-order chi connectivity index (χ1) is 7.25. The van der Waals surface area contributed by atoms with Gasteiger partial charge in [-0.25, -0.2) is 4.98 Å². The van der Waals surface area contributed by atoms with E-state index in [1.165, 1.54) is 6.42 Å². The van der Waals surface area contributed by atoms with Crippen LogP contribution >= 0.6 is 0 Å². The molecule has 0 radical (unpaired) electrons. The molecule has 0 aliphatic heterocycles. The molecule has 0 amide bonds. The van der Waals surface area contributed by atoms with Gasteiger partial charge in [-0.05, 0) is 26.3 Å². The van der Waals surface area contributed by atoms with Crippen LogP contribution in [0.15, 0.2) is 12.4 Å². The van der Waals surface area contributed by atoms with Gasteiger partial charge in [0.25, 0.3) is 0 Å². The van der Waals surface area contributed by atoms with Crippen LogP contribution in [-0.2, 0) is 0 Å². The zero-order valence-corrected chi connectivity index (χ0v) is 9.61. The van der Waals surface area contributed by atoms with E-state index in [0.717, 1.165) is 37.4 Å². The third kappa shape index (κ3) is 3.83. The van der Waals surface area contributed by atoms with Gasteiger partial charge in [0.05, 0.1) is 5.69 Å². The minimum absolute atomic E-state index is 0.786. The molecule has 84 valence electrons. The molecular weight excluding hydrogens is 188 g/mol. The molecule has 1 heterocycles. The second-order valence-corrected chi connectivity index (χ2v) is 3.74. The highest BCUT2D eigenvalue weighted by Crippen LogP contribution is 2.12. The van der Waals surface area contributed by atoms with Crippen LogP contribution in [0, 0.1) is 6.92 Å². The average Bonchev–Trinajstić information content (AvgIpc) is 2.25. The third-order valence-corrected chi connectivity index (χ3v) is 2.41. The van der Waals surface area contributed by atoms with Crippen molar-refractivity contribution in [3.63, 3.8) is 0 Å². The number of nitrogens with zero attached hydrogens (tertiary/aromatic N) is 3. The molecule has 1 rings (SSSR count). The zero-order valence-electron chi connectivity index (χ0n) is 9.61. The van der Waals surface area contributed by atoms with E-state index < -0.39 is 0 Å². The third-order valence-electron chi connectivity index (χ3n) is 2.41. The highest BCUT2D eigenvalue weighted by molar-refractivity contribution is 5.40. The summed E-state index contributed by atoms with van der Waals surface area (Å²) in [7, 11) is 2.06. The molecule has 0 aromatic carbocycles. The molecule has 4 nitrogen and oxygen atoms in total. The van der Waals surface area contributed by atoms with Crippen molar-refractivity contribution in [2.45, 2.75) is 26.2 Å². The van der Waals surface area contributed by atoms with Gasteiger partial charge < -0.3 is 10.6 Å². The molecule has 15 heavy (non-hydrogen) atoms. The predicted octanol–water partition coefficient (Wildman–Crippen LogP) is 1.35. The number of aryl methyl sites for hydroxylation is 1. The van der Waals surface area contributed by atoms with Gasteiger partial charge in [0, 0.05) is 26.0 Å². The van der Waals surface area contributed by atoms with Gasteiger partial charge in [-0.3, -0.25) is 4.98 Å². The van der Waals surface area contributed by atoms with Crippen LogP contribution in [0.5, 0.6) is 0 Å². The van der Waals surface area contributed by atoms with Crippen molar-refractivity contribution in [3.05, 3.63) is 18.1 Å². The van der Waals surface area contributed by atoms with Crippen molar-refractivity contribution >= 4 is 5.82 Å². The molecular formula is C11H20N4. The summed E-state index contributed by atoms with van der Waals surface area (Å²) in [6, 6.07) is 0. The van der Waals surface area contributed by atoms with Crippen molar-refractivity contribution in [2.24, 2.45) is 5.73 Å². The topological polar surface area (TPSA) is 55.0 Å². The van der Waals surface area contributed by atoms with E-state index in [1.54, 1.807) is 12.4 Å². The fourth-order valence-corrected chi connectivity index (χ4v) is 1.55. The summed E-state index contributed by atoms with van der Waals surface area (Å²) in [5.41, 5.74) is 6.43. The molecule has 0 unspecified atom stereocenters. The lowest BCUT2D eigenvalue weighted by molar-refractivity contribution is 0.674. The number of aromatic nitrogens is 2. The fraction of sp³-hybridized carbons (Fsp3) is 0.636. The second-order valence-electron chi connectivity index (χ2n) is 3.74. The van der Waals surface area contributed by atoms with Gasteiger partial charge >= 0.3 is 0 Å². The van der Waals surface area contributed by atoms with Crippen molar-refractivity contribution in [2.75, 3.05) is 25.0 Å². The van der Waals surface area contributed by atoms with Gasteiger partial charge in [-0.1, -0.05) is 6.42 Å². The quantitative estimate of drug-likeness (QED) is 0.717. The highest BCUT2D eigenvalue weighted by atomic mass is 15.2. The maximum atomic E-state index is 5.44. The van der Waals surface area contributed by atoms with Crippen LogP contribution in [0.1, 0.15) is 25.0 Å². The standard InChI is InChI=1S/C11H20N4/c1-10-11(14-8-7-13-10)15(2)9-5-3-4-6-12/h7-8H,3-6,9,12H2,1-2H3. The second kappa shape index (κ2) is 6.35. The molecule has 0 saturated heterocycles. The zero-order chi connectivity index (χ0) is 11.1. The van der Waals surface area contributed by atoms with E-state index in [2.05, 4.69) is 21.9 Å². The number of rotatable bonds is 6. The van der Waals surface area contributed by atoms with Gasteiger partial charge in [0.15, 0.2) is 0 Å². The van der Waals surface area contributed by atoms with Crippen LogP contribution in [0.3, 0.4) is 0 Å². The van der Waals surface area contributed by atoms with Gasteiger partial charge in [0.1, 0.15) is 5.82 Å². The fourth-order valence-electron chi connectivity index (χ4n) is 1.55. The summed E-state index contributed by atoms with van der Waals surface area (Å²) in [5, 5.41) is 0. The van der Waals surface area contributed by atoms with E-state index in [0.29, 0.717) is 0 Å². The smallest absolute Gasteiger partial charge is 0.149 e. The first-order valence-corrected chi connectivity index (χ1v) is 5.44. The lowest BCUT2D eigenvalue weighted by Gasteiger charge is -2.18. The number of hydrogen-bond acceptors (Lipinski definition) is 4. The molecule has 1 aromatic rings. The Balaban J connectivity index is 2.40. The summed E-state index contributed by atoms with van der Waals surface area (Å²) >= 11 is 0. The van der Waals surface area contributed by atoms with Crippen LogP contribution in [0.2, 0.25) is 0 Å². The Morgan fingerprint density at radius 1 is 1.20 bits per heavy atom. The highest BCUT2D eigenvalue weighted by Gasteiger charge is 2.05. The summed E-state index contributed by atoms with van der Waals surface area (Å²) in [5.74, 6) is 0.977. The molecule has 0 saturated carbocycles. The van der Waals surface area contributed by atoms with Crippen LogP contribution in [0.4, 0.5) is 5.82 Å². The molecule has 2 N–H and O–H groups in total. The van der Waals surface area contributed by atoms with E-state index in [1.807, 2.05) is 6.92 Å². The Kier molecular flexibility index (Phi) is 5.04. The molecule has 0 aliphatic rings. The summed E-state index contributed by atoms with van der Waals surface area (Å²) < 4.78 is 0. The Morgan fingerprint density at radius 2 is 1.93 bits per heavy atom. The van der Waals surface area contributed by atoms with E-state index in [4.69, 9.17) is 5.73 Å². The molecule has 4 heteroatoms.